The van der Waals surface area contributed by atoms with Gasteiger partial charge in [0.2, 0.25) is 5.88 Å². The third kappa shape index (κ3) is 2.40. The van der Waals surface area contributed by atoms with Crippen molar-refractivity contribution in [3.63, 3.8) is 0 Å². The van der Waals surface area contributed by atoms with Crippen LogP contribution in [0.5, 0.6) is 5.88 Å². The summed E-state index contributed by atoms with van der Waals surface area (Å²) < 4.78 is 44.7. The highest BCUT2D eigenvalue weighted by Crippen LogP contribution is 2.57. The maximum absolute atomic E-state index is 12.6. The van der Waals surface area contributed by atoms with Crippen LogP contribution in [0.25, 0.3) is 0 Å². The van der Waals surface area contributed by atoms with Gasteiger partial charge in [-0.25, -0.2) is 0 Å². The van der Waals surface area contributed by atoms with Gasteiger partial charge in [0, 0.05) is 18.3 Å². The quantitative estimate of drug-likeness (QED) is 0.818. The van der Waals surface area contributed by atoms with Crippen LogP contribution < -0.4 is 4.74 Å². The number of ether oxygens (including phenoxy) is 1. The second-order valence-corrected chi connectivity index (χ2v) is 4.79. The molecule has 1 saturated carbocycles. The largest absolute Gasteiger partial charge is 0.476 e. The number of halogens is 3. The van der Waals surface area contributed by atoms with Crippen LogP contribution in [0.1, 0.15) is 32.7 Å². The van der Waals surface area contributed by atoms with E-state index in [-0.39, 0.29) is 31.4 Å². The number of hydrogen-bond donors (Lipinski definition) is 0. The van der Waals surface area contributed by atoms with E-state index in [1.807, 2.05) is 13.8 Å². The fraction of sp³-hybridized carbons (Fsp3) is 0.727. The average Bonchev–Trinajstić information content (AvgIpc) is 2.86. The zero-order chi connectivity index (χ0) is 12.7. The van der Waals surface area contributed by atoms with Crippen LogP contribution in [-0.2, 0) is 0 Å². The molecule has 0 unspecified atom stereocenters. The fourth-order valence-corrected chi connectivity index (χ4v) is 1.56. The Balaban J connectivity index is 1.94. The molecule has 0 amide bonds. The first-order chi connectivity index (χ1) is 7.84. The van der Waals surface area contributed by atoms with E-state index in [2.05, 4.69) is 5.10 Å². The predicted octanol–water partition coefficient (Wildman–Crippen LogP) is 3.19. The van der Waals surface area contributed by atoms with Crippen molar-refractivity contribution in [1.29, 1.82) is 0 Å². The van der Waals surface area contributed by atoms with Gasteiger partial charge >= 0.3 is 6.18 Å². The first-order valence-electron chi connectivity index (χ1n) is 5.59. The first-order valence-corrected chi connectivity index (χ1v) is 5.59. The molecule has 2 rings (SSSR count). The molecular weight excluding hydrogens is 233 g/mol. The predicted molar refractivity (Wildman–Crippen MR) is 55.8 cm³/mol. The lowest BCUT2D eigenvalue weighted by atomic mass is 10.1. The molecule has 0 atom stereocenters. The lowest BCUT2D eigenvalue weighted by Gasteiger charge is -2.18. The highest BCUT2D eigenvalue weighted by molar-refractivity contribution is 5.08. The number of aromatic nitrogens is 2. The van der Waals surface area contributed by atoms with E-state index in [0.29, 0.717) is 0 Å². The number of rotatable bonds is 4. The van der Waals surface area contributed by atoms with Crippen molar-refractivity contribution in [3.8, 4) is 5.88 Å². The minimum atomic E-state index is -4.17. The van der Waals surface area contributed by atoms with Crippen LogP contribution in [0.2, 0.25) is 0 Å². The van der Waals surface area contributed by atoms with Gasteiger partial charge in [-0.2, -0.15) is 13.2 Å². The maximum atomic E-state index is 12.6. The van der Waals surface area contributed by atoms with Crippen LogP contribution in [0.3, 0.4) is 0 Å². The standard InChI is InChI=1S/C11H15F3N2O/c1-8(2)16-6-3-9(15-16)17-7-10(4-5-10)11(12,13)14/h3,6,8H,4-5,7H2,1-2H3. The highest BCUT2D eigenvalue weighted by Gasteiger charge is 2.63. The Labute approximate surface area is 97.6 Å². The van der Waals surface area contributed by atoms with Gasteiger partial charge < -0.3 is 4.74 Å². The molecule has 6 heteroatoms. The monoisotopic (exact) mass is 248 g/mol. The highest BCUT2D eigenvalue weighted by atomic mass is 19.4. The van der Waals surface area contributed by atoms with Crippen LogP contribution in [0.4, 0.5) is 13.2 Å². The van der Waals surface area contributed by atoms with Gasteiger partial charge in [0.05, 0.1) is 0 Å². The molecule has 1 fully saturated rings. The Hall–Kier alpha value is -1.20. The maximum Gasteiger partial charge on any atom is 0.397 e. The van der Waals surface area contributed by atoms with Crippen molar-refractivity contribution < 1.29 is 17.9 Å². The smallest absolute Gasteiger partial charge is 0.397 e. The first kappa shape index (κ1) is 12.3. The lowest BCUT2D eigenvalue weighted by Crippen LogP contribution is -2.30. The second kappa shape index (κ2) is 3.92. The van der Waals surface area contributed by atoms with Crippen molar-refractivity contribution in [1.82, 2.24) is 9.78 Å². The van der Waals surface area contributed by atoms with Crippen molar-refractivity contribution in [2.24, 2.45) is 5.41 Å². The molecule has 1 heterocycles. The van der Waals surface area contributed by atoms with Crippen LogP contribution in [0, 0.1) is 5.41 Å². The average molecular weight is 248 g/mol. The molecule has 1 aromatic rings. The summed E-state index contributed by atoms with van der Waals surface area (Å²) in [7, 11) is 0. The van der Waals surface area contributed by atoms with Gasteiger partial charge in [-0.05, 0) is 26.7 Å². The third-order valence-electron chi connectivity index (χ3n) is 3.06. The Morgan fingerprint density at radius 1 is 1.47 bits per heavy atom. The third-order valence-corrected chi connectivity index (χ3v) is 3.06. The van der Waals surface area contributed by atoms with Crippen molar-refractivity contribution >= 4 is 0 Å². The molecule has 0 bridgehead atoms. The molecule has 0 radical (unpaired) electrons. The molecule has 0 aromatic carbocycles. The topological polar surface area (TPSA) is 27.1 Å². The Kier molecular flexibility index (Phi) is 2.83. The van der Waals surface area contributed by atoms with E-state index in [0.717, 1.165) is 0 Å². The zero-order valence-electron chi connectivity index (χ0n) is 9.79. The number of hydrogen-bond acceptors (Lipinski definition) is 2. The second-order valence-electron chi connectivity index (χ2n) is 4.79. The van der Waals surface area contributed by atoms with Crippen LogP contribution >= 0.6 is 0 Å². The minimum absolute atomic E-state index is 0.154. The van der Waals surface area contributed by atoms with Gasteiger partial charge in [-0.15, -0.1) is 5.10 Å². The summed E-state index contributed by atoms with van der Waals surface area (Å²) in [6.07, 6.45) is -2.16. The SMILES string of the molecule is CC(C)n1ccc(OCC2(C(F)(F)F)CC2)n1. The van der Waals surface area contributed by atoms with E-state index in [4.69, 9.17) is 4.74 Å². The lowest BCUT2D eigenvalue weighted by molar-refractivity contribution is -0.194. The summed E-state index contributed by atoms with van der Waals surface area (Å²) in [6, 6.07) is 1.76. The van der Waals surface area contributed by atoms with Crippen molar-refractivity contribution in [2.75, 3.05) is 6.61 Å². The summed E-state index contributed by atoms with van der Waals surface area (Å²) >= 11 is 0. The van der Waals surface area contributed by atoms with Crippen LogP contribution in [0.15, 0.2) is 12.3 Å². The summed E-state index contributed by atoms with van der Waals surface area (Å²) in [5.74, 6) is 0.259. The molecule has 96 valence electrons. The van der Waals surface area contributed by atoms with Gasteiger partial charge in [0.1, 0.15) is 12.0 Å². The van der Waals surface area contributed by atoms with E-state index >= 15 is 0 Å². The minimum Gasteiger partial charge on any atom is -0.476 e. The molecule has 1 aliphatic rings. The zero-order valence-corrected chi connectivity index (χ0v) is 9.79. The van der Waals surface area contributed by atoms with E-state index in [1.54, 1.807) is 16.9 Å². The normalized spacial score (nSPS) is 18.5. The van der Waals surface area contributed by atoms with Gasteiger partial charge in [-0.1, -0.05) is 0 Å². The molecule has 17 heavy (non-hydrogen) atoms. The molecule has 1 aliphatic carbocycles. The molecule has 3 nitrogen and oxygen atoms in total. The number of alkyl halides is 3. The summed E-state index contributed by atoms with van der Waals surface area (Å²) in [4.78, 5) is 0. The van der Waals surface area contributed by atoms with Crippen molar-refractivity contribution in [2.45, 2.75) is 38.9 Å². The Bertz CT molecular complexity index is 394. The van der Waals surface area contributed by atoms with Gasteiger partial charge in [0.15, 0.2) is 0 Å². The Morgan fingerprint density at radius 2 is 2.12 bits per heavy atom. The molecule has 0 saturated heterocycles. The van der Waals surface area contributed by atoms with Crippen molar-refractivity contribution in [3.05, 3.63) is 12.3 Å². The van der Waals surface area contributed by atoms with Gasteiger partial charge in [-0.3, -0.25) is 4.68 Å². The Morgan fingerprint density at radius 3 is 2.53 bits per heavy atom. The molecule has 0 N–H and O–H groups in total. The van der Waals surface area contributed by atoms with E-state index < -0.39 is 11.6 Å². The molecule has 0 aliphatic heterocycles. The summed E-state index contributed by atoms with van der Waals surface area (Å²) in [6.45, 7) is 3.55. The van der Waals surface area contributed by atoms with E-state index in [1.165, 1.54) is 0 Å². The summed E-state index contributed by atoms with van der Waals surface area (Å²) in [5.41, 5.74) is -1.63. The molecule has 1 aromatic heterocycles. The van der Waals surface area contributed by atoms with Crippen LogP contribution in [-0.4, -0.2) is 22.6 Å². The molecular formula is C11H15F3N2O. The van der Waals surface area contributed by atoms with E-state index in [9.17, 15) is 13.2 Å². The summed E-state index contributed by atoms with van der Waals surface area (Å²) in [5, 5.41) is 4.05. The fourth-order valence-electron chi connectivity index (χ4n) is 1.56. The van der Waals surface area contributed by atoms with Gasteiger partial charge in [0.25, 0.3) is 0 Å². The molecule has 0 spiro atoms. The number of nitrogens with zero attached hydrogens (tertiary/aromatic N) is 2.